The molecule has 0 aromatic heterocycles. The minimum Gasteiger partial charge on any atom is -0.496 e. The molecule has 1 aromatic carbocycles. The van der Waals surface area contributed by atoms with Gasteiger partial charge in [-0.25, -0.2) is 0 Å². The van der Waals surface area contributed by atoms with E-state index in [2.05, 4.69) is 41.5 Å². The zero-order valence-corrected chi connectivity index (χ0v) is 12.0. The first-order chi connectivity index (χ1) is 7.59. The topological polar surface area (TPSA) is 29.1 Å². The molecule has 0 saturated carbocycles. The Morgan fingerprint density at radius 1 is 0.882 bits per heavy atom. The highest BCUT2D eigenvalue weighted by atomic mass is 16.5. The van der Waals surface area contributed by atoms with Crippen LogP contribution in [0.3, 0.4) is 0 Å². The van der Waals surface area contributed by atoms with Crippen molar-refractivity contribution < 1.29 is 9.84 Å². The van der Waals surface area contributed by atoms with E-state index in [-0.39, 0.29) is 16.6 Å². The summed E-state index contributed by atoms with van der Waals surface area (Å²) in [4.78, 5) is 0. The van der Waals surface area contributed by atoms with E-state index >= 15 is 0 Å². The number of benzene rings is 1. The SMILES string of the molecule is COc1ccc([O])c(C(C)(C)C)c1C(C)(C)C. The summed E-state index contributed by atoms with van der Waals surface area (Å²) in [5, 5.41) is 12.1. The van der Waals surface area contributed by atoms with Gasteiger partial charge >= 0.3 is 0 Å². The predicted molar refractivity (Wildman–Crippen MR) is 70.5 cm³/mol. The third kappa shape index (κ3) is 2.74. The number of hydrogen-bond donors (Lipinski definition) is 0. The van der Waals surface area contributed by atoms with Crippen molar-refractivity contribution >= 4 is 0 Å². The van der Waals surface area contributed by atoms with E-state index in [1.165, 1.54) is 0 Å². The quantitative estimate of drug-likeness (QED) is 0.707. The van der Waals surface area contributed by atoms with Gasteiger partial charge in [-0.15, -0.1) is 0 Å². The van der Waals surface area contributed by atoms with Crippen molar-refractivity contribution in [2.24, 2.45) is 0 Å². The van der Waals surface area contributed by atoms with Crippen molar-refractivity contribution in [2.45, 2.75) is 52.4 Å². The van der Waals surface area contributed by atoms with Crippen LogP contribution in [0.5, 0.6) is 11.5 Å². The maximum Gasteiger partial charge on any atom is 0.182 e. The Hall–Kier alpha value is -1.18. The average molecular weight is 235 g/mol. The number of ether oxygens (including phenoxy) is 1. The van der Waals surface area contributed by atoms with E-state index in [0.29, 0.717) is 0 Å². The lowest BCUT2D eigenvalue weighted by Gasteiger charge is -2.31. The standard InChI is InChI=1S/C15H23O2/c1-14(2,3)12-10(16)8-9-11(17-7)13(12)15(4,5)6/h8-9H,1-7H3. The van der Waals surface area contributed by atoms with Gasteiger partial charge in [0.15, 0.2) is 5.75 Å². The molecule has 2 heteroatoms. The maximum absolute atomic E-state index is 12.1. The molecule has 0 heterocycles. The van der Waals surface area contributed by atoms with Crippen LogP contribution in [0, 0.1) is 0 Å². The molecule has 0 amide bonds. The van der Waals surface area contributed by atoms with Gasteiger partial charge in [0.05, 0.1) is 7.11 Å². The van der Waals surface area contributed by atoms with E-state index in [0.717, 1.165) is 16.9 Å². The summed E-state index contributed by atoms with van der Waals surface area (Å²) in [5.74, 6) is 0.908. The Kier molecular flexibility index (Phi) is 3.47. The van der Waals surface area contributed by atoms with Crippen LogP contribution in [0.15, 0.2) is 12.1 Å². The largest absolute Gasteiger partial charge is 0.496 e. The van der Waals surface area contributed by atoms with Gasteiger partial charge in [0.1, 0.15) is 5.75 Å². The highest BCUT2D eigenvalue weighted by molar-refractivity contribution is 5.54. The summed E-state index contributed by atoms with van der Waals surface area (Å²) >= 11 is 0. The van der Waals surface area contributed by atoms with Gasteiger partial charge in [-0.2, -0.15) is 0 Å². The van der Waals surface area contributed by atoms with Crippen molar-refractivity contribution in [1.29, 1.82) is 0 Å². The third-order valence-corrected chi connectivity index (χ3v) is 2.85. The van der Waals surface area contributed by atoms with Crippen LogP contribution in [0.1, 0.15) is 52.7 Å². The normalized spacial score (nSPS) is 12.6. The minimum absolute atomic E-state index is 0.100. The first kappa shape index (κ1) is 13.9. The fourth-order valence-corrected chi connectivity index (χ4v) is 2.22. The molecule has 0 bridgehead atoms. The van der Waals surface area contributed by atoms with Crippen molar-refractivity contribution in [3.8, 4) is 11.5 Å². The zero-order chi connectivity index (χ0) is 13.4. The second kappa shape index (κ2) is 4.25. The fraction of sp³-hybridized carbons (Fsp3) is 0.600. The van der Waals surface area contributed by atoms with E-state index < -0.39 is 0 Å². The molecule has 2 nitrogen and oxygen atoms in total. The molecule has 17 heavy (non-hydrogen) atoms. The van der Waals surface area contributed by atoms with Crippen molar-refractivity contribution in [2.75, 3.05) is 7.11 Å². The van der Waals surface area contributed by atoms with Gasteiger partial charge < -0.3 is 4.74 Å². The number of hydrogen-bond acceptors (Lipinski definition) is 1. The molecule has 0 aliphatic rings. The number of methoxy groups -OCH3 is 1. The van der Waals surface area contributed by atoms with E-state index in [1.54, 1.807) is 19.2 Å². The lowest BCUT2D eigenvalue weighted by atomic mass is 9.74. The summed E-state index contributed by atoms with van der Waals surface area (Å²) in [5.41, 5.74) is 1.62. The smallest absolute Gasteiger partial charge is 0.182 e. The Morgan fingerprint density at radius 2 is 1.35 bits per heavy atom. The summed E-state index contributed by atoms with van der Waals surface area (Å²) < 4.78 is 5.42. The second-order valence-corrected chi connectivity index (χ2v) is 6.52. The summed E-state index contributed by atoms with van der Waals surface area (Å²) in [7, 11) is 1.65. The zero-order valence-electron chi connectivity index (χ0n) is 12.0. The van der Waals surface area contributed by atoms with E-state index in [4.69, 9.17) is 4.74 Å². The molecule has 0 atom stereocenters. The van der Waals surface area contributed by atoms with Gasteiger partial charge in [-0.05, 0) is 23.0 Å². The van der Waals surface area contributed by atoms with Gasteiger partial charge in [0, 0.05) is 11.1 Å². The monoisotopic (exact) mass is 235 g/mol. The molecule has 0 N–H and O–H groups in total. The molecule has 0 aliphatic heterocycles. The van der Waals surface area contributed by atoms with Crippen LogP contribution in [-0.4, -0.2) is 7.11 Å². The van der Waals surface area contributed by atoms with Gasteiger partial charge in [-0.1, -0.05) is 41.5 Å². The molecule has 0 spiro atoms. The summed E-state index contributed by atoms with van der Waals surface area (Å²) in [6.07, 6.45) is 0. The summed E-state index contributed by atoms with van der Waals surface area (Å²) in [6, 6.07) is 3.38. The van der Waals surface area contributed by atoms with Gasteiger partial charge in [-0.3, -0.25) is 5.11 Å². The summed E-state index contributed by atoms with van der Waals surface area (Å²) in [6.45, 7) is 12.5. The minimum atomic E-state index is -0.172. The van der Waals surface area contributed by atoms with Gasteiger partial charge in [0.2, 0.25) is 0 Å². The molecular weight excluding hydrogens is 212 g/mol. The predicted octanol–water partition coefficient (Wildman–Crippen LogP) is 4.43. The first-order valence-electron chi connectivity index (χ1n) is 5.98. The van der Waals surface area contributed by atoms with Crippen molar-refractivity contribution in [3.05, 3.63) is 23.3 Å². The van der Waals surface area contributed by atoms with E-state index in [1.807, 2.05) is 0 Å². The average Bonchev–Trinajstić information content (AvgIpc) is 2.13. The third-order valence-electron chi connectivity index (χ3n) is 2.85. The van der Waals surface area contributed by atoms with Crippen LogP contribution in [0.25, 0.3) is 0 Å². The maximum atomic E-state index is 12.1. The molecule has 95 valence electrons. The molecule has 0 saturated heterocycles. The second-order valence-electron chi connectivity index (χ2n) is 6.52. The van der Waals surface area contributed by atoms with Crippen molar-refractivity contribution in [3.63, 3.8) is 0 Å². The van der Waals surface area contributed by atoms with Crippen molar-refractivity contribution in [1.82, 2.24) is 0 Å². The molecule has 1 radical (unpaired) electrons. The molecule has 1 aromatic rings. The van der Waals surface area contributed by atoms with Crippen LogP contribution >= 0.6 is 0 Å². The fourth-order valence-electron chi connectivity index (χ4n) is 2.22. The molecule has 1 rings (SSSR count). The Labute approximate surface area is 105 Å². The van der Waals surface area contributed by atoms with Gasteiger partial charge in [0.25, 0.3) is 0 Å². The molecule has 0 fully saturated rings. The van der Waals surface area contributed by atoms with Crippen LogP contribution in [-0.2, 0) is 15.9 Å². The Bertz CT molecular complexity index is 406. The molecular formula is C15H23O2. The van der Waals surface area contributed by atoms with Crippen LogP contribution in [0.2, 0.25) is 0 Å². The van der Waals surface area contributed by atoms with Crippen LogP contribution in [0.4, 0.5) is 0 Å². The van der Waals surface area contributed by atoms with Crippen LogP contribution < -0.4 is 4.74 Å². The number of rotatable bonds is 1. The van der Waals surface area contributed by atoms with E-state index in [9.17, 15) is 5.11 Å². The lowest BCUT2D eigenvalue weighted by molar-refractivity contribution is 0.331. The highest BCUT2D eigenvalue weighted by Crippen LogP contribution is 2.44. The Morgan fingerprint density at radius 3 is 1.71 bits per heavy atom. The highest BCUT2D eigenvalue weighted by Gasteiger charge is 2.31. The lowest BCUT2D eigenvalue weighted by Crippen LogP contribution is -2.23. The Balaban J connectivity index is 3.67. The first-order valence-corrected chi connectivity index (χ1v) is 5.98. The molecule has 0 unspecified atom stereocenters. The molecule has 0 aliphatic carbocycles.